The normalized spacial score (nSPS) is 21.2. The fourth-order valence-corrected chi connectivity index (χ4v) is 3.89. The Bertz CT molecular complexity index is 877. The smallest absolute Gasteiger partial charge is 0.328 e. The average molecular weight is 415 g/mol. The summed E-state index contributed by atoms with van der Waals surface area (Å²) in [6.07, 6.45) is 0.546. The van der Waals surface area contributed by atoms with E-state index in [0.717, 1.165) is 4.90 Å². The van der Waals surface area contributed by atoms with Crippen molar-refractivity contribution in [3.05, 3.63) is 35.4 Å². The summed E-state index contributed by atoms with van der Waals surface area (Å²) < 4.78 is 0. The molecule has 0 aliphatic carbocycles. The number of hydrogen-bond acceptors (Lipinski definition) is 7. The van der Waals surface area contributed by atoms with Gasteiger partial charge in [-0.05, 0) is 38.6 Å². The second-order valence-electron chi connectivity index (χ2n) is 7.81. The van der Waals surface area contributed by atoms with Gasteiger partial charge in [-0.3, -0.25) is 29.0 Å². The van der Waals surface area contributed by atoms with Gasteiger partial charge >= 0.3 is 5.97 Å². The van der Waals surface area contributed by atoms with Gasteiger partial charge in [0, 0.05) is 6.42 Å². The molecule has 9 nitrogen and oxygen atoms in total. The van der Waals surface area contributed by atoms with Crippen LogP contribution in [0.3, 0.4) is 0 Å². The van der Waals surface area contributed by atoms with Crippen molar-refractivity contribution >= 4 is 29.6 Å². The molecule has 3 atom stereocenters. The summed E-state index contributed by atoms with van der Waals surface area (Å²) in [4.78, 5) is 71.2. The maximum Gasteiger partial charge on any atom is 0.350 e. The minimum atomic E-state index is -1.20. The van der Waals surface area contributed by atoms with Crippen LogP contribution in [-0.4, -0.2) is 70.6 Å². The standard InChI is InChI=1S/C21H25N3O6/c1-5-12(2)17(22(3)4)21(29)30-24-16(25)11-10-15(20(24)28)23-18(26)13-8-6-7-9-14(13)19(23)27/h6-9,12,15,17H,5,10-11H2,1-4H3. The summed E-state index contributed by atoms with van der Waals surface area (Å²) in [5.74, 6) is -3.58. The van der Waals surface area contributed by atoms with Crippen molar-refractivity contribution in [3.63, 3.8) is 0 Å². The second-order valence-corrected chi connectivity index (χ2v) is 7.81. The lowest BCUT2D eigenvalue weighted by Crippen LogP contribution is -2.57. The Morgan fingerprint density at radius 1 is 1.13 bits per heavy atom. The quantitative estimate of drug-likeness (QED) is 0.644. The van der Waals surface area contributed by atoms with Gasteiger partial charge in [-0.15, -0.1) is 5.06 Å². The number of carbonyl (C=O) groups is 5. The Hall–Kier alpha value is -3.07. The van der Waals surface area contributed by atoms with Crippen molar-refractivity contribution in [2.75, 3.05) is 14.1 Å². The predicted octanol–water partition coefficient (Wildman–Crippen LogP) is 1.23. The molecule has 2 aliphatic heterocycles. The molecule has 160 valence electrons. The largest absolute Gasteiger partial charge is 0.350 e. The number of nitrogens with zero attached hydrogens (tertiary/aromatic N) is 3. The van der Waals surface area contributed by atoms with Gasteiger partial charge in [0.05, 0.1) is 11.1 Å². The summed E-state index contributed by atoms with van der Waals surface area (Å²) in [6, 6.07) is 4.42. The van der Waals surface area contributed by atoms with Gasteiger partial charge in [-0.25, -0.2) is 4.79 Å². The predicted molar refractivity (Wildman–Crippen MR) is 105 cm³/mol. The van der Waals surface area contributed by atoms with Gasteiger partial charge in [-0.1, -0.05) is 32.4 Å². The van der Waals surface area contributed by atoms with Crippen molar-refractivity contribution in [1.82, 2.24) is 14.9 Å². The molecule has 3 unspecified atom stereocenters. The highest BCUT2D eigenvalue weighted by molar-refractivity contribution is 6.23. The molecule has 1 fully saturated rings. The zero-order valence-corrected chi connectivity index (χ0v) is 17.5. The van der Waals surface area contributed by atoms with Gasteiger partial charge in [0.25, 0.3) is 23.6 Å². The van der Waals surface area contributed by atoms with E-state index in [1.165, 1.54) is 12.1 Å². The summed E-state index contributed by atoms with van der Waals surface area (Å²) >= 11 is 0. The maximum atomic E-state index is 13.0. The molecule has 2 heterocycles. The number of amides is 4. The highest BCUT2D eigenvalue weighted by atomic mass is 16.7. The Morgan fingerprint density at radius 3 is 2.20 bits per heavy atom. The zero-order valence-electron chi connectivity index (χ0n) is 17.5. The third-order valence-electron chi connectivity index (χ3n) is 5.64. The lowest BCUT2D eigenvalue weighted by molar-refractivity contribution is -0.211. The molecular weight excluding hydrogens is 390 g/mol. The van der Waals surface area contributed by atoms with E-state index in [4.69, 9.17) is 4.84 Å². The van der Waals surface area contributed by atoms with Crippen LogP contribution >= 0.6 is 0 Å². The van der Waals surface area contributed by atoms with Crippen molar-refractivity contribution in [2.24, 2.45) is 5.92 Å². The number of imide groups is 2. The lowest BCUT2D eigenvalue weighted by Gasteiger charge is -2.34. The number of piperidine rings is 1. The summed E-state index contributed by atoms with van der Waals surface area (Å²) in [5, 5.41) is 0.416. The van der Waals surface area contributed by atoms with Crippen LogP contribution in [-0.2, 0) is 19.2 Å². The van der Waals surface area contributed by atoms with E-state index >= 15 is 0 Å². The fraction of sp³-hybridized carbons (Fsp3) is 0.476. The van der Waals surface area contributed by atoms with Crippen LogP contribution in [0.4, 0.5) is 0 Å². The number of rotatable bonds is 6. The highest BCUT2D eigenvalue weighted by Crippen LogP contribution is 2.29. The molecule has 1 saturated heterocycles. The Labute approximate surface area is 174 Å². The van der Waals surface area contributed by atoms with E-state index in [1.54, 1.807) is 31.1 Å². The van der Waals surface area contributed by atoms with Gasteiger partial charge in [0.1, 0.15) is 12.1 Å². The van der Waals surface area contributed by atoms with Crippen LogP contribution in [0.5, 0.6) is 0 Å². The van der Waals surface area contributed by atoms with E-state index in [2.05, 4.69) is 0 Å². The lowest BCUT2D eigenvalue weighted by atomic mass is 9.98. The Kier molecular flexibility index (Phi) is 6.02. The summed E-state index contributed by atoms with van der Waals surface area (Å²) in [6.45, 7) is 3.79. The maximum absolute atomic E-state index is 13.0. The van der Waals surface area contributed by atoms with E-state index in [1.807, 2.05) is 13.8 Å². The number of carbonyl (C=O) groups excluding carboxylic acids is 5. The average Bonchev–Trinajstić information content (AvgIpc) is 2.96. The summed E-state index contributed by atoms with van der Waals surface area (Å²) in [7, 11) is 3.42. The molecule has 1 aromatic rings. The second kappa shape index (κ2) is 8.35. The van der Waals surface area contributed by atoms with Gasteiger partial charge in [0.15, 0.2) is 0 Å². The third-order valence-corrected chi connectivity index (χ3v) is 5.64. The molecule has 0 N–H and O–H groups in total. The number of hydrogen-bond donors (Lipinski definition) is 0. The molecule has 0 radical (unpaired) electrons. The first-order valence-corrected chi connectivity index (χ1v) is 9.91. The number of hydroxylamine groups is 2. The SMILES string of the molecule is CCC(C)C(C(=O)ON1C(=O)CCC(N2C(=O)c3ccccc3C2=O)C1=O)N(C)C. The monoisotopic (exact) mass is 415 g/mol. The molecule has 9 heteroatoms. The molecule has 1 aromatic carbocycles. The van der Waals surface area contributed by atoms with Crippen molar-refractivity contribution in [3.8, 4) is 0 Å². The van der Waals surface area contributed by atoms with Crippen molar-refractivity contribution in [1.29, 1.82) is 0 Å². The first-order chi connectivity index (χ1) is 14.2. The van der Waals surface area contributed by atoms with E-state index in [9.17, 15) is 24.0 Å². The molecule has 4 amide bonds. The molecule has 0 bridgehead atoms. The minimum Gasteiger partial charge on any atom is -0.328 e. The van der Waals surface area contributed by atoms with Crippen LogP contribution < -0.4 is 0 Å². The zero-order chi connectivity index (χ0) is 22.2. The van der Waals surface area contributed by atoms with Gasteiger partial charge in [0.2, 0.25) is 0 Å². The summed E-state index contributed by atoms with van der Waals surface area (Å²) in [5.41, 5.74) is 0.417. The van der Waals surface area contributed by atoms with Crippen LogP contribution in [0.2, 0.25) is 0 Å². The first-order valence-electron chi connectivity index (χ1n) is 9.91. The molecule has 2 aliphatic rings. The molecule has 3 rings (SSSR count). The molecule has 30 heavy (non-hydrogen) atoms. The minimum absolute atomic E-state index is 0.0142. The molecule has 0 saturated carbocycles. The van der Waals surface area contributed by atoms with Gasteiger partial charge < -0.3 is 4.84 Å². The Balaban J connectivity index is 1.83. The Morgan fingerprint density at radius 2 is 1.70 bits per heavy atom. The topological polar surface area (TPSA) is 104 Å². The van der Waals surface area contributed by atoms with E-state index in [-0.39, 0.29) is 29.9 Å². The molecule has 0 aromatic heterocycles. The first kappa shape index (κ1) is 21.6. The highest BCUT2D eigenvalue weighted by Gasteiger charge is 2.48. The number of likely N-dealkylation sites (N-methyl/N-ethyl adjacent to an activating group) is 1. The number of benzene rings is 1. The fourth-order valence-electron chi connectivity index (χ4n) is 3.89. The number of fused-ring (bicyclic) bond motifs is 1. The molecular formula is C21H25N3O6. The van der Waals surface area contributed by atoms with Gasteiger partial charge in [-0.2, -0.15) is 0 Å². The van der Waals surface area contributed by atoms with Crippen molar-refractivity contribution < 1.29 is 28.8 Å². The van der Waals surface area contributed by atoms with Crippen molar-refractivity contribution in [2.45, 2.75) is 45.2 Å². The van der Waals surface area contributed by atoms with E-state index < -0.39 is 41.7 Å². The molecule has 0 spiro atoms. The third kappa shape index (κ3) is 3.60. The van der Waals surface area contributed by atoms with Crippen LogP contribution in [0, 0.1) is 5.92 Å². The van der Waals surface area contributed by atoms with Crippen LogP contribution in [0.1, 0.15) is 53.8 Å². The van der Waals surface area contributed by atoms with Crippen LogP contribution in [0.25, 0.3) is 0 Å². The van der Waals surface area contributed by atoms with Crippen LogP contribution in [0.15, 0.2) is 24.3 Å². The van der Waals surface area contributed by atoms with E-state index in [0.29, 0.717) is 11.5 Å².